The standard InChI is InChI=1S/C12H17NO4/c1-2-7-17-11(16)13-6-5-12(8-13,10(14)15)9-3-4-9/h2,9H,1,3-8H2,(H,14,15). The minimum atomic E-state index is -0.779. The summed E-state index contributed by atoms with van der Waals surface area (Å²) in [6.07, 6.45) is 3.52. The topological polar surface area (TPSA) is 66.8 Å². The monoisotopic (exact) mass is 239 g/mol. The maximum absolute atomic E-state index is 11.6. The molecule has 0 aromatic heterocycles. The number of carbonyl (C=O) groups is 2. The van der Waals surface area contributed by atoms with E-state index < -0.39 is 17.5 Å². The van der Waals surface area contributed by atoms with Gasteiger partial charge in [-0.1, -0.05) is 12.7 Å². The smallest absolute Gasteiger partial charge is 0.410 e. The van der Waals surface area contributed by atoms with E-state index in [4.69, 9.17) is 4.74 Å². The van der Waals surface area contributed by atoms with Gasteiger partial charge in [0.1, 0.15) is 6.61 Å². The molecule has 1 amide bonds. The van der Waals surface area contributed by atoms with Gasteiger partial charge in [-0.3, -0.25) is 4.79 Å². The number of rotatable bonds is 4. The van der Waals surface area contributed by atoms with E-state index in [1.807, 2.05) is 0 Å². The van der Waals surface area contributed by atoms with Crippen molar-refractivity contribution in [2.75, 3.05) is 19.7 Å². The van der Waals surface area contributed by atoms with Crippen LogP contribution in [0.3, 0.4) is 0 Å². The highest BCUT2D eigenvalue weighted by atomic mass is 16.6. The molecular formula is C12H17NO4. The second-order valence-electron chi connectivity index (χ2n) is 4.77. The third-order valence-corrected chi connectivity index (χ3v) is 3.67. The molecule has 1 saturated heterocycles. The molecule has 1 aliphatic carbocycles. The van der Waals surface area contributed by atoms with Gasteiger partial charge in [0.15, 0.2) is 0 Å². The van der Waals surface area contributed by atoms with E-state index in [2.05, 4.69) is 6.58 Å². The molecule has 5 nitrogen and oxygen atoms in total. The number of hydrogen-bond acceptors (Lipinski definition) is 3. The first-order valence-electron chi connectivity index (χ1n) is 5.86. The molecule has 0 radical (unpaired) electrons. The molecule has 0 aromatic carbocycles. The van der Waals surface area contributed by atoms with Crippen molar-refractivity contribution in [3.8, 4) is 0 Å². The fourth-order valence-electron chi connectivity index (χ4n) is 2.53. The Balaban J connectivity index is 1.99. The maximum atomic E-state index is 11.6. The van der Waals surface area contributed by atoms with Crippen LogP contribution in [0, 0.1) is 11.3 Å². The van der Waals surface area contributed by atoms with E-state index in [9.17, 15) is 14.7 Å². The molecule has 0 bridgehead atoms. The highest BCUT2D eigenvalue weighted by molar-refractivity contribution is 5.78. The summed E-state index contributed by atoms with van der Waals surface area (Å²) in [5.74, 6) is -0.545. The minimum absolute atomic E-state index is 0.166. The van der Waals surface area contributed by atoms with Crippen molar-refractivity contribution in [3.63, 3.8) is 0 Å². The molecule has 2 rings (SSSR count). The van der Waals surface area contributed by atoms with Gasteiger partial charge in [-0.15, -0.1) is 0 Å². The van der Waals surface area contributed by atoms with Crippen molar-refractivity contribution in [3.05, 3.63) is 12.7 Å². The van der Waals surface area contributed by atoms with Crippen LogP contribution < -0.4 is 0 Å². The molecule has 1 atom stereocenters. The number of ether oxygens (including phenoxy) is 1. The number of hydrogen-bond donors (Lipinski definition) is 1. The van der Waals surface area contributed by atoms with E-state index in [1.54, 1.807) is 0 Å². The first-order valence-corrected chi connectivity index (χ1v) is 5.86. The molecule has 17 heavy (non-hydrogen) atoms. The molecule has 2 fully saturated rings. The fraction of sp³-hybridized carbons (Fsp3) is 0.667. The van der Waals surface area contributed by atoms with Gasteiger partial charge < -0.3 is 14.7 Å². The second kappa shape index (κ2) is 4.39. The van der Waals surface area contributed by atoms with Crippen molar-refractivity contribution in [2.24, 2.45) is 11.3 Å². The SMILES string of the molecule is C=CCOC(=O)N1CCC(C(=O)O)(C2CC2)C1. The van der Waals surface area contributed by atoms with Crippen molar-refractivity contribution in [2.45, 2.75) is 19.3 Å². The van der Waals surface area contributed by atoms with Gasteiger partial charge in [-0.25, -0.2) is 4.79 Å². The predicted molar refractivity (Wildman–Crippen MR) is 60.5 cm³/mol. The lowest BCUT2D eigenvalue weighted by atomic mass is 9.82. The number of carbonyl (C=O) groups excluding carboxylic acids is 1. The zero-order valence-corrected chi connectivity index (χ0v) is 9.72. The fourth-order valence-corrected chi connectivity index (χ4v) is 2.53. The van der Waals surface area contributed by atoms with Crippen LogP contribution in [0.25, 0.3) is 0 Å². The third kappa shape index (κ3) is 2.14. The van der Waals surface area contributed by atoms with Crippen molar-refractivity contribution in [1.82, 2.24) is 4.90 Å². The van der Waals surface area contributed by atoms with Gasteiger partial charge >= 0.3 is 12.1 Å². The number of likely N-dealkylation sites (tertiary alicyclic amines) is 1. The molecule has 1 heterocycles. The molecule has 1 aliphatic heterocycles. The Bertz CT molecular complexity index is 350. The van der Waals surface area contributed by atoms with Gasteiger partial charge in [0.2, 0.25) is 0 Å². The Labute approximate surface area is 100 Å². The summed E-state index contributed by atoms with van der Waals surface area (Å²) in [6.45, 7) is 4.38. The molecule has 1 saturated carbocycles. The molecular weight excluding hydrogens is 222 g/mol. The molecule has 1 N–H and O–H groups in total. The van der Waals surface area contributed by atoms with Gasteiger partial charge in [-0.05, 0) is 25.2 Å². The highest BCUT2D eigenvalue weighted by Gasteiger charge is 2.55. The van der Waals surface area contributed by atoms with Crippen LogP contribution in [0.5, 0.6) is 0 Å². The van der Waals surface area contributed by atoms with Crippen LogP contribution in [0.4, 0.5) is 4.79 Å². The Morgan fingerprint density at radius 2 is 2.24 bits per heavy atom. The lowest BCUT2D eigenvalue weighted by Crippen LogP contribution is -2.38. The van der Waals surface area contributed by atoms with Gasteiger partial charge in [0.05, 0.1) is 5.41 Å². The zero-order chi connectivity index (χ0) is 12.5. The van der Waals surface area contributed by atoms with Gasteiger partial charge in [0.25, 0.3) is 0 Å². The van der Waals surface area contributed by atoms with Crippen molar-refractivity contribution >= 4 is 12.1 Å². The molecule has 0 spiro atoms. The summed E-state index contributed by atoms with van der Waals surface area (Å²) in [4.78, 5) is 24.5. The average molecular weight is 239 g/mol. The van der Waals surface area contributed by atoms with Crippen molar-refractivity contribution < 1.29 is 19.4 Å². The van der Waals surface area contributed by atoms with E-state index in [0.29, 0.717) is 13.0 Å². The molecule has 0 aromatic rings. The molecule has 94 valence electrons. The van der Waals surface area contributed by atoms with E-state index in [1.165, 1.54) is 11.0 Å². The minimum Gasteiger partial charge on any atom is -0.481 e. The predicted octanol–water partition coefficient (Wildman–Crippen LogP) is 1.50. The van der Waals surface area contributed by atoms with E-state index >= 15 is 0 Å². The van der Waals surface area contributed by atoms with Crippen molar-refractivity contribution in [1.29, 1.82) is 0 Å². The number of nitrogens with zero attached hydrogens (tertiary/aromatic N) is 1. The lowest BCUT2D eigenvalue weighted by molar-refractivity contribution is -0.149. The Morgan fingerprint density at radius 1 is 1.53 bits per heavy atom. The van der Waals surface area contributed by atoms with Crippen LogP contribution >= 0.6 is 0 Å². The highest BCUT2D eigenvalue weighted by Crippen LogP contribution is 2.51. The van der Waals surface area contributed by atoms with Crippen LogP contribution in [0.15, 0.2) is 12.7 Å². The second-order valence-corrected chi connectivity index (χ2v) is 4.77. The third-order valence-electron chi connectivity index (χ3n) is 3.67. The molecule has 2 aliphatic rings. The van der Waals surface area contributed by atoms with E-state index in [0.717, 1.165) is 12.8 Å². The Hall–Kier alpha value is -1.52. The Morgan fingerprint density at radius 3 is 2.76 bits per heavy atom. The first-order chi connectivity index (χ1) is 8.10. The van der Waals surface area contributed by atoms with Gasteiger partial charge in [0, 0.05) is 13.1 Å². The maximum Gasteiger partial charge on any atom is 0.410 e. The van der Waals surface area contributed by atoms with Gasteiger partial charge in [-0.2, -0.15) is 0 Å². The summed E-state index contributed by atoms with van der Waals surface area (Å²) in [6, 6.07) is 0. The summed E-state index contributed by atoms with van der Waals surface area (Å²) in [5, 5.41) is 9.35. The summed E-state index contributed by atoms with van der Waals surface area (Å²) >= 11 is 0. The number of aliphatic carboxylic acids is 1. The lowest BCUT2D eigenvalue weighted by Gasteiger charge is -2.24. The number of carboxylic acid groups (broad SMARTS) is 1. The van der Waals surface area contributed by atoms with Crippen LogP contribution in [-0.2, 0) is 9.53 Å². The van der Waals surface area contributed by atoms with Crippen LogP contribution in [0.2, 0.25) is 0 Å². The molecule has 1 unspecified atom stereocenters. The quantitative estimate of drug-likeness (QED) is 0.755. The Kier molecular flexibility index (Phi) is 3.09. The zero-order valence-electron chi connectivity index (χ0n) is 9.72. The summed E-state index contributed by atoms with van der Waals surface area (Å²) in [7, 11) is 0. The first kappa shape index (κ1) is 12.0. The van der Waals surface area contributed by atoms with Crippen LogP contribution in [-0.4, -0.2) is 41.8 Å². The summed E-state index contributed by atoms with van der Waals surface area (Å²) in [5.41, 5.74) is -0.729. The molecule has 5 heteroatoms. The number of carboxylic acids is 1. The summed E-state index contributed by atoms with van der Waals surface area (Å²) < 4.78 is 4.92. The average Bonchev–Trinajstić information content (AvgIpc) is 3.06. The number of amides is 1. The van der Waals surface area contributed by atoms with E-state index in [-0.39, 0.29) is 19.1 Å². The largest absolute Gasteiger partial charge is 0.481 e. The van der Waals surface area contributed by atoms with Crippen LogP contribution in [0.1, 0.15) is 19.3 Å². The normalized spacial score (nSPS) is 27.9.